The van der Waals surface area contributed by atoms with Crippen molar-refractivity contribution in [1.82, 2.24) is 0 Å². The zero-order valence-corrected chi connectivity index (χ0v) is 34.3. The maximum Gasteiger partial charge on any atom is 0.0540 e. The number of allylic oxidation sites excluding steroid dienone is 5. The molecule has 0 aliphatic heterocycles. The van der Waals surface area contributed by atoms with Gasteiger partial charge >= 0.3 is 0 Å². The van der Waals surface area contributed by atoms with Crippen molar-refractivity contribution in [3.8, 4) is 33.4 Å². The van der Waals surface area contributed by atoms with E-state index in [9.17, 15) is 0 Å². The van der Waals surface area contributed by atoms with Crippen LogP contribution < -0.4 is 4.90 Å². The quantitative estimate of drug-likeness (QED) is 0.156. The zero-order chi connectivity index (χ0) is 40.0. The number of para-hydroxylation sites is 2. The molecule has 0 saturated heterocycles. The largest absolute Gasteiger partial charge is 0.309 e. The summed E-state index contributed by atoms with van der Waals surface area (Å²) in [6.07, 6.45) is 20.4. The van der Waals surface area contributed by atoms with Crippen molar-refractivity contribution in [3.63, 3.8) is 0 Å². The summed E-state index contributed by atoms with van der Waals surface area (Å²) in [4.78, 5) is 2.54. The van der Waals surface area contributed by atoms with Crippen LogP contribution in [-0.4, -0.2) is 0 Å². The topological polar surface area (TPSA) is 3.24 Å². The van der Waals surface area contributed by atoms with Gasteiger partial charge in [-0.25, -0.2) is 0 Å². The van der Waals surface area contributed by atoms with E-state index in [0.717, 1.165) is 17.1 Å². The molecule has 0 aromatic heterocycles. The molecular weight excluding hydrogens is 723 g/mol. The van der Waals surface area contributed by atoms with Crippen molar-refractivity contribution in [2.45, 2.75) is 50.9 Å². The van der Waals surface area contributed by atoms with Crippen molar-refractivity contribution < 1.29 is 0 Å². The minimum absolute atomic E-state index is 0.0213. The summed E-state index contributed by atoms with van der Waals surface area (Å²) < 4.78 is 0. The third kappa shape index (κ3) is 6.23. The van der Waals surface area contributed by atoms with Crippen LogP contribution in [0.4, 0.5) is 17.1 Å². The van der Waals surface area contributed by atoms with Gasteiger partial charge in [0.05, 0.1) is 11.4 Å². The first kappa shape index (κ1) is 36.4. The number of hydrogen-bond donors (Lipinski definition) is 0. The Bertz CT molecular complexity index is 3000. The summed E-state index contributed by atoms with van der Waals surface area (Å²) in [6, 6.07) is 63.7. The normalized spacial score (nSPS) is 18.4. The Morgan fingerprint density at radius 2 is 1.12 bits per heavy atom. The lowest BCUT2D eigenvalue weighted by Gasteiger charge is -2.37. The van der Waals surface area contributed by atoms with Gasteiger partial charge in [-0.05, 0) is 104 Å². The average Bonchev–Trinajstić information content (AvgIpc) is 3.31. The Morgan fingerprint density at radius 3 is 1.95 bits per heavy atom. The first-order chi connectivity index (χ1) is 29.6. The Labute approximate surface area is 354 Å². The van der Waals surface area contributed by atoms with E-state index in [1.807, 2.05) is 0 Å². The van der Waals surface area contributed by atoms with Gasteiger partial charge in [0.15, 0.2) is 0 Å². The summed E-state index contributed by atoms with van der Waals surface area (Å²) in [6.45, 7) is 2.35. The van der Waals surface area contributed by atoms with Crippen molar-refractivity contribution in [3.05, 3.63) is 217 Å². The Morgan fingerprint density at radius 1 is 0.500 bits per heavy atom. The van der Waals surface area contributed by atoms with Crippen molar-refractivity contribution in [2.24, 2.45) is 5.41 Å². The Balaban J connectivity index is 1.15. The molecule has 3 aliphatic rings. The van der Waals surface area contributed by atoms with E-state index < -0.39 is 0 Å². The first-order valence-corrected chi connectivity index (χ1v) is 21.9. The van der Waals surface area contributed by atoms with Gasteiger partial charge in [0, 0.05) is 28.1 Å². The average molecular weight is 772 g/mol. The van der Waals surface area contributed by atoms with Gasteiger partial charge in [0.1, 0.15) is 0 Å². The predicted molar refractivity (Wildman–Crippen MR) is 256 cm³/mol. The van der Waals surface area contributed by atoms with Crippen molar-refractivity contribution in [2.75, 3.05) is 4.90 Å². The lowest BCUT2D eigenvalue weighted by atomic mass is 9.66. The number of anilines is 3. The predicted octanol–water partition coefficient (Wildman–Crippen LogP) is 16.8. The third-order valence-electron chi connectivity index (χ3n) is 13.7. The van der Waals surface area contributed by atoms with Gasteiger partial charge in [-0.15, -0.1) is 0 Å². The van der Waals surface area contributed by atoms with Crippen LogP contribution in [0.5, 0.6) is 0 Å². The molecule has 1 heteroatoms. The molecule has 0 heterocycles. The molecular formula is C59H49N. The van der Waals surface area contributed by atoms with E-state index in [1.165, 1.54) is 104 Å². The molecule has 0 bridgehead atoms. The molecule has 0 amide bonds. The van der Waals surface area contributed by atoms with Gasteiger partial charge in [0.2, 0.25) is 0 Å². The molecule has 11 rings (SSSR count). The fourth-order valence-corrected chi connectivity index (χ4v) is 10.7. The summed E-state index contributed by atoms with van der Waals surface area (Å²) >= 11 is 0. The van der Waals surface area contributed by atoms with Crippen LogP contribution in [0.25, 0.3) is 61.0 Å². The van der Waals surface area contributed by atoms with Crippen LogP contribution in [0.1, 0.15) is 67.6 Å². The summed E-state index contributed by atoms with van der Waals surface area (Å²) in [5.41, 5.74) is 15.1. The van der Waals surface area contributed by atoms with Crippen LogP contribution in [0.15, 0.2) is 200 Å². The molecule has 2 atom stereocenters. The second-order valence-electron chi connectivity index (χ2n) is 17.3. The highest BCUT2D eigenvalue weighted by Crippen LogP contribution is 2.51. The zero-order valence-electron chi connectivity index (χ0n) is 34.3. The molecule has 1 fully saturated rings. The van der Waals surface area contributed by atoms with Crippen molar-refractivity contribution in [1.29, 1.82) is 0 Å². The monoisotopic (exact) mass is 771 g/mol. The maximum atomic E-state index is 2.54. The van der Waals surface area contributed by atoms with Gasteiger partial charge in [0.25, 0.3) is 0 Å². The molecule has 0 N–H and O–H groups in total. The molecule has 290 valence electrons. The molecule has 3 aliphatic carbocycles. The van der Waals surface area contributed by atoms with E-state index in [4.69, 9.17) is 0 Å². The Hall–Kier alpha value is -6.70. The van der Waals surface area contributed by atoms with Crippen molar-refractivity contribution >= 4 is 44.7 Å². The first-order valence-electron chi connectivity index (χ1n) is 21.9. The van der Waals surface area contributed by atoms with Gasteiger partial charge in [-0.2, -0.15) is 0 Å². The molecule has 0 spiro atoms. The third-order valence-corrected chi connectivity index (χ3v) is 13.7. The molecule has 1 saturated carbocycles. The summed E-state index contributed by atoms with van der Waals surface area (Å²) in [7, 11) is 0. The van der Waals surface area contributed by atoms with Gasteiger partial charge in [-0.1, -0.05) is 208 Å². The second kappa shape index (κ2) is 15.2. The lowest BCUT2D eigenvalue weighted by molar-refractivity contribution is 0.445. The number of hydrogen-bond acceptors (Lipinski definition) is 1. The van der Waals surface area contributed by atoms with E-state index in [1.54, 1.807) is 0 Å². The molecule has 60 heavy (non-hydrogen) atoms. The van der Waals surface area contributed by atoms with Gasteiger partial charge < -0.3 is 4.90 Å². The van der Waals surface area contributed by atoms with E-state index in [0.29, 0.717) is 11.8 Å². The SMILES string of the molecule is CC12C=CC=CC1c1cccc(-c3cccc(N(c4ccccc4-c4cccc5ccccc45)c4ccccc4-c4cccc5cccc(C6CCCCC6)c45)c3)c1C=C2. The fourth-order valence-electron chi connectivity index (χ4n) is 10.7. The molecule has 8 aromatic rings. The highest BCUT2D eigenvalue weighted by Gasteiger charge is 2.35. The number of rotatable bonds is 7. The molecule has 8 aromatic carbocycles. The molecule has 0 radical (unpaired) electrons. The number of fused-ring (bicyclic) bond motifs is 5. The maximum absolute atomic E-state index is 2.54. The van der Waals surface area contributed by atoms with Crippen LogP contribution in [-0.2, 0) is 0 Å². The van der Waals surface area contributed by atoms with Crippen LogP contribution in [0.2, 0.25) is 0 Å². The van der Waals surface area contributed by atoms with E-state index in [2.05, 4.69) is 218 Å². The smallest absolute Gasteiger partial charge is 0.0540 e. The number of nitrogens with zero attached hydrogens (tertiary/aromatic N) is 1. The fraction of sp³-hybridized carbons (Fsp3) is 0.153. The summed E-state index contributed by atoms with van der Waals surface area (Å²) in [5.74, 6) is 0.889. The van der Waals surface area contributed by atoms with Crippen LogP contribution in [0.3, 0.4) is 0 Å². The standard InChI is InChI=1S/C59H49N/c1-59-38-12-11-34-55(59)51-32-17-29-47(50(51)37-39-59)44-24-13-25-45(40-44)60(56-35-9-7-27-52(56)49-31-14-21-41-20-5-6-26-46(41)49)57-36-10-8-28-53(57)54-33-16-23-43-22-15-30-48(58(43)54)42-18-3-2-4-19-42/h5-17,20-40,42,55H,2-4,18-19H2,1H3. The second-order valence-corrected chi connectivity index (χ2v) is 17.3. The van der Waals surface area contributed by atoms with E-state index >= 15 is 0 Å². The lowest BCUT2D eigenvalue weighted by Crippen LogP contribution is -2.24. The summed E-state index contributed by atoms with van der Waals surface area (Å²) in [5, 5.41) is 5.21. The highest BCUT2D eigenvalue weighted by atomic mass is 15.1. The Kier molecular flexibility index (Phi) is 9.19. The minimum Gasteiger partial charge on any atom is -0.309 e. The molecule has 1 nitrogen and oxygen atoms in total. The van der Waals surface area contributed by atoms with Crippen LogP contribution >= 0.6 is 0 Å². The van der Waals surface area contributed by atoms with Gasteiger partial charge in [-0.3, -0.25) is 0 Å². The minimum atomic E-state index is -0.0213. The number of benzene rings is 8. The molecule has 2 unspecified atom stereocenters. The highest BCUT2D eigenvalue weighted by molar-refractivity contribution is 6.06. The van der Waals surface area contributed by atoms with E-state index in [-0.39, 0.29) is 5.41 Å². The van der Waals surface area contributed by atoms with Crippen LogP contribution in [0, 0.1) is 5.41 Å².